The number of nitrogens with zero attached hydrogens (tertiary/aromatic N) is 2. The van der Waals surface area contributed by atoms with Crippen LogP contribution in [0.2, 0.25) is 0 Å². The lowest BCUT2D eigenvalue weighted by atomic mass is 10.1. The van der Waals surface area contributed by atoms with Crippen LogP contribution in [0.15, 0.2) is 34.2 Å². The Labute approximate surface area is 172 Å². The van der Waals surface area contributed by atoms with Crippen molar-refractivity contribution in [1.82, 2.24) is 9.62 Å². The highest BCUT2D eigenvalue weighted by atomic mass is 32.2. The Balaban J connectivity index is 1.77. The third kappa shape index (κ3) is 6.28. The first kappa shape index (κ1) is 22.9. The second-order valence-corrected chi connectivity index (χ2v) is 8.71. The van der Waals surface area contributed by atoms with Crippen LogP contribution in [0, 0.1) is 0 Å². The maximum absolute atomic E-state index is 12.4. The van der Waals surface area contributed by atoms with Gasteiger partial charge in [0, 0.05) is 24.6 Å². The lowest BCUT2D eigenvalue weighted by molar-refractivity contribution is -0.150. The van der Waals surface area contributed by atoms with Gasteiger partial charge in [-0.05, 0) is 45.7 Å². The molecule has 1 aromatic rings. The lowest BCUT2D eigenvalue weighted by Crippen LogP contribution is -2.41. The molecule has 1 amide bonds. The van der Waals surface area contributed by atoms with E-state index in [1.165, 1.54) is 4.90 Å². The maximum Gasteiger partial charge on any atom is 0.325 e. The van der Waals surface area contributed by atoms with Gasteiger partial charge >= 0.3 is 5.97 Å². The molecule has 0 radical (unpaired) electrons. The van der Waals surface area contributed by atoms with Gasteiger partial charge in [0.1, 0.15) is 12.4 Å². The number of rotatable bonds is 10. The Morgan fingerprint density at radius 1 is 1.17 bits per heavy atom. The number of carbonyl (C=O) groups excluding carboxylic acids is 2. The standard InChI is InChI=1S/C20H29N3O5S/c1-4-28-19(25)14-23(15(2)3)18(24)12-6-5-9-13-21-20-16-10-7-8-11-17(16)29(26,27)22-20/h7-8,10-11,15H,4-6,9,12-14H2,1-3H3,(H,21,22). The van der Waals surface area contributed by atoms with Crippen LogP contribution < -0.4 is 4.72 Å². The molecule has 0 spiro atoms. The number of carbonyl (C=O) groups is 2. The van der Waals surface area contributed by atoms with Crippen LogP contribution in [-0.2, 0) is 24.3 Å². The molecule has 9 heteroatoms. The average molecular weight is 424 g/mol. The van der Waals surface area contributed by atoms with Gasteiger partial charge in [-0.25, -0.2) is 8.42 Å². The summed E-state index contributed by atoms with van der Waals surface area (Å²) in [7, 11) is -3.51. The molecule has 0 unspecified atom stereocenters. The van der Waals surface area contributed by atoms with Crippen LogP contribution >= 0.6 is 0 Å². The van der Waals surface area contributed by atoms with Crippen molar-refractivity contribution in [2.45, 2.75) is 57.4 Å². The normalized spacial score (nSPS) is 15.8. The number of nitrogens with one attached hydrogen (secondary N) is 1. The second kappa shape index (κ2) is 10.4. The van der Waals surface area contributed by atoms with Crippen molar-refractivity contribution in [3.8, 4) is 0 Å². The van der Waals surface area contributed by atoms with E-state index >= 15 is 0 Å². The predicted molar refractivity (Wildman–Crippen MR) is 110 cm³/mol. The van der Waals surface area contributed by atoms with Crippen LogP contribution in [0.4, 0.5) is 0 Å². The molecule has 160 valence electrons. The van der Waals surface area contributed by atoms with Crippen molar-refractivity contribution in [2.24, 2.45) is 4.99 Å². The SMILES string of the molecule is CCOC(=O)CN(C(=O)CCCCCN=C1NS(=O)(=O)c2ccccc21)C(C)C. The highest BCUT2D eigenvalue weighted by molar-refractivity contribution is 7.90. The van der Waals surface area contributed by atoms with Crippen LogP contribution in [-0.4, -0.2) is 56.8 Å². The summed E-state index contributed by atoms with van der Waals surface area (Å²) in [5.41, 5.74) is 0.592. The topological polar surface area (TPSA) is 105 Å². The maximum atomic E-state index is 12.4. The molecule has 0 atom stereocenters. The van der Waals surface area contributed by atoms with Crippen molar-refractivity contribution < 1.29 is 22.7 Å². The van der Waals surface area contributed by atoms with Gasteiger partial charge in [-0.15, -0.1) is 0 Å². The molecule has 0 aromatic heterocycles. The van der Waals surface area contributed by atoms with E-state index in [2.05, 4.69) is 9.71 Å². The van der Waals surface area contributed by atoms with E-state index in [1.807, 2.05) is 13.8 Å². The smallest absolute Gasteiger partial charge is 0.325 e. The largest absolute Gasteiger partial charge is 0.465 e. The number of fused-ring (bicyclic) bond motifs is 1. The third-order valence-corrected chi connectivity index (χ3v) is 5.93. The average Bonchev–Trinajstić information content (AvgIpc) is 2.93. The fraction of sp³-hybridized carbons (Fsp3) is 0.550. The number of hydrogen-bond donors (Lipinski definition) is 1. The molecule has 2 rings (SSSR count). The first-order valence-electron chi connectivity index (χ1n) is 9.88. The van der Waals surface area contributed by atoms with E-state index in [0.717, 1.165) is 12.8 Å². The molecule has 1 aromatic carbocycles. The minimum absolute atomic E-state index is 0.0302. The number of hydrogen-bond acceptors (Lipinski definition) is 6. The van der Waals surface area contributed by atoms with Crippen molar-refractivity contribution in [1.29, 1.82) is 0 Å². The van der Waals surface area contributed by atoms with Crippen molar-refractivity contribution in [3.63, 3.8) is 0 Å². The van der Waals surface area contributed by atoms with E-state index in [0.29, 0.717) is 37.4 Å². The number of amidine groups is 1. The number of benzene rings is 1. The summed E-state index contributed by atoms with van der Waals surface area (Å²) in [6.45, 7) is 6.20. The van der Waals surface area contributed by atoms with Gasteiger partial charge in [-0.1, -0.05) is 18.6 Å². The van der Waals surface area contributed by atoms with Crippen LogP contribution in [0.5, 0.6) is 0 Å². The van der Waals surface area contributed by atoms with Crippen LogP contribution in [0.1, 0.15) is 52.0 Å². The fourth-order valence-electron chi connectivity index (χ4n) is 3.06. The summed E-state index contributed by atoms with van der Waals surface area (Å²) in [5.74, 6) is -0.0985. The van der Waals surface area contributed by atoms with Gasteiger partial charge in [0.05, 0.1) is 11.5 Å². The summed E-state index contributed by atoms with van der Waals surface area (Å²) in [4.78, 5) is 30.2. The van der Waals surface area contributed by atoms with Crippen LogP contribution in [0.3, 0.4) is 0 Å². The monoisotopic (exact) mass is 423 g/mol. The second-order valence-electron chi connectivity index (χ2n) is 7.06. The van der Waals surface area contributed by atoms with Crippen molar-refractivity contribution in [3.05, 3.63) is 29.8 Å². The molecule has 0 bridgehead atoms. The van der Waals surface area contributed by atoms with Gasteiger partial charge in [0.25, 0.3) is 10.0 Å². The summed E-state index contributed by atoms with van der Waals surface area (Å²) >= 11 is 0. The van der Waals surface area contributed by atoms with Gasteiger partial charge < -0.3 is 9.64 Å². The Morgan fingerprint density at radius 2 is 1.90 bits per heavy atom. The molecule has 0 saturated carbocycles. The zero-order valence-corrected chi connectivity index (χ0v) is 18.0. The number of amides is 1. The predicted octanol–water partition coefficient (Wildman–Crippen LogP) is 2.09. The molecule has 0 aliphatic carbocycles. The van der Waals surface area contributed by atoms with Gasteiger partial charge in [0.15, 0.2) is 0 Å². The quantitative estimate of drug-likeness (QED) is 0.458. The van der Waals surface area contributed by atoms with E-state index in [-0.39, 0.29) is 23.4 Å². The zero-order valence-electron chi connectivity index (χ0n) is 17.2. The first-order chi connectivity index (χ1) is 13.8. The van der Waals surface area contributed by atoms with Gasteiger partial charge in [-0.3, -0.25) is 19.3 Å². The summed E-state index contributed by atoms with van der Waals surface area (Å²) < 4.78 is 31.5. The number of unbranched alkanes of at least 4 members (excludes halogenated alkanes) is 2. The fourth-order valence-corrected chi connectivity index (χ4v) is 4.31. The van der Waals surface area contributed by atoms with Gasteiger partial charge in [-0.2, -0.15) is 0 Å². The molecular weight excluding hydrogens is 394 g/mol. The van der Waals surface area contributed by atoms with E-state index < -0.39 is 16.0 Å². The summed E-state index contributed by atoms with van der Waals surface area (Å²) in [6.07, 6.45) is 2.55. The van der Waals surface area contributed by atoms with Crippen molar-refractivity contribution >= 4 is 27.7 Å². The Hall–Kier alpha value is -2.42. The molecule has 1 N–H and O–H groups in total. The minimum atomic E-state index is -3.51. The van der Waals surface area contributed by atoms with E-state index in [1.54, 1.807) is 31.2 Å². The van der Waals surface area contributed by atoms with Crippen LogP contribution in [0.25, 0.3) is 0 Å². The molecular formula is C20H29N3O5S. The number of esters is 1. The minimum Gasteiger partial charge on any atom is -0.465 e. The Bertz CT molecular complexity index is 865. The Kier molecular flexibility index (Phi) is 8.19. The lowest BCUT2D eigenvalue weighted by Gasteiger charge is -2.25. The molecule has 8 nitrogen and oxygen atoms in total. The molecule has 1 aliphatic heterocycles. The highest BCUT2D eigenvalue weighted by Gasteiger charge is 2.29. The third-order valence-electron chi connectivity index (χ3n) is 4.53. The summed E-state index contributed by atoms with van der Waals surface area (Å²) in [6, 6.07) is 6.67. The molecule has 0 fully saturated rings. The van der Waals surface area contributed by atoms with Gasteiger partial charge in [0.2, 0.25) is 5.91 Å². The van der Waals surface area contributed by atoms with E-state index in [9.17, 15) is 18.0 Å². The molecule has 29 heavy (non-hydrogen) atoms. The highest BCUT2D eigenvalue weighted by Crippen LogP contribution is 2.22. The number of sulfonamides is 1. The molecule has 1 aliphatic rings. The summed E-state index contributed by atoms with van der Waals surface area (Å²) in [5, 5.41) is 0. The molecule has 1 heterocycles. The number of ether oxygens (including phenoxy) is 1. The number of aliphatic imine (C=N–C) groups is 1. The van der Waals surface area contributed by atoms with Crippen molar-refractivity contribution in [2.75, 3.05) is 19.7 Å². The molecule has 0 saturated heterocycles. The zero-order chi connectivity index (χ0) is 21.4. The first-order valence-corrected chi connectivity index (χ1v) is 11.4. The Morgan fingerprint density at radius 3 is 2.59 bits per heavy atom. The van der Waals surface area contributed by atoms with E-state index in [4.69, 9.17) is 4.74 Å².